The zero-order chi connectivity index (χ0) is 9.94. The predicted molar refractivity (Wildman–Crippen MR) is 57.5 cm³/mol. The van der Waals surface area contributed by atoms with Gasteiger partial charge in [-0.2, -0.15) is 0 Å². The van der Waals surface area contributed by atoms with Gasteiger partial charge in [-0.15, -0.1) is 0 Å². The van der Waals surface area contributed by atoms with Crippen molar-refractivity contribution in [3.05, 3.63) is 48.6 Å². The third-order valence-corrected chi connectivity index (χ3v) is 1.24. The van der Waals surface area contributed by atoms with Gasteiger partial charge in [-0.25, -0.2) is 0 Å². The van der Waals surface area contributed by atoms with E-state index in [0.29, 0.717) is 5.92 Å². The van der Waals surface area contributed by atoms with Gasteiger partial charge in [-0.1, -0.05) is 56.4 Å². The van der Waals surface area contributed by atoms with Gasteiger partial charge in [0.1, 0.15) is 6.29 Å². The first kappa shape index (κ1) is 11.6. The highest BCUT2D eigenvalue weighted by Crippen LogP contribution is 1.93. The smallest absolute Gasteiger partial charge is 0.142 e. The maximum Gasteiger partial charge on any atom is 0.142 e. The quantitative estimate of drug-likeness (QED) is 0.357. The minimum absolute atomic E-state index is 0.587. The van der Waals surface area contributed by atoms with Gasteiger partial charge in [-0.05, 0) is 12.0 Å². The minimum Gasteiger partial charge on any atom is -0.299 e. The van der Waals surface area contributed by atoms with Gasteiger partial charge in [0.25, 0.3) is 0 Å². The van der Waals surface area contributed by atoms with Crippen molar-refractivity contribution in [3.8, 4) is 0 Å². The Kier molecular flexibility index (Phi) is 7.80. The van der Waals surface area contributed by atoms with Gasteiger partial charge >= 0.3 is 0 Å². The molecule has 0 bridgehead atoms. The molecule has 0 aromatic heterocycles. The van der Waals surface area contributed by atoms with E-state index < -0.39 is 0 Å². The Labute approximate surface area is 80.2 Å². The number of hydrogen-bond acceptors (Lipinski definition) is 1. The van der Waals surface area contributed by atoms with E-state index in [1.807, 2.05) is 30.4 Å². The molecule has 0 unspecified atom stereocenters. The number of rotatable bonds is 5. The summed E-state index contributed by atoms with van der Waals surface area (Å²) >= 11 is 0. The van der Waals surface area contributed by atoms with Crippen LogP contribution in [0.1, 0.15) is 13.8 Å². The summed E-state index contributed by atoms with van der Waals surface area (Å²) in [7, 11) is 0. The average molecular weight is 176 g/mol. The van der Waals surface area contributed by atoms with Crippen LogP contribution in [0.25, 0.3) is 0 Å². The molecule has 0 aliphatic rings. The van der Waals surface area contributed by atoms with E-state index in [2.05, 4.69) is 19.9 Å². The summed E-state index contributed by atoms with van der Waals surface area (Å²) in [6, 6.07) is 0. The molecule has 0 amide bonds. The second-order valence-corrected chi connectivity index (χ2v) is 2.92. The van der Waals surface area contributed by atoms with Crippen LogP contribution in [0.5, 0.6) is 0 Å². The van der Waals surface area contributed by atoms with Crippen LogP contribution in [0.15, 0.2) is 48.6 Å². The lowest BCUT2D eigenvalue weighted by atomic mass is 10.2. The molecule has 0 N–H and O–H groups in total. The van der Waals surface area contributed by atoms with Gasteiger partial charge in [0.2, 0.25) is 0 Å². The van der Waals surface area contributed by atoms with Crippen LogP contribution in [0.3, 0.4) is 0 Å². The van der Waals surface area contributed by atoms with Gasteiger partial charge in [0.15, 0.2) is 0 Å². The third kappa shape index (κ3) is 10.6. The molecule has 0 aliphatic heterocycles. The molecule has 0 fully saturated rings. The van der Waals surface area contributed by atoms with Crippen LogP contribution < -0.4 is 0 Å². The Hall–Kier alpha value is -1.37. The molecule has 70 valence electrons. The molecule has 0 rings (SSSR count). The molecule has 0 heterocycles. The molecule has 0 aromatic rings. The number of carbonyl (C=O) groups is 1. The molecule has 0 atom stereocenters. The molecular formula is C12H16O. The lowest BCUT2D eigenvalue weighted by Crippen LogP contribution is -1.74. The van der Waals surface area contributed by atoms with Crippen molar-refractivity contribution in [2.75, 3.05) is 0 Å². The Morgan fingerprint density at radius 1 is 0.769 bits per heavy atom. The molecule has 0 radical (unpaired) electrons. The van der Waals surface area contributed by atoms with Crippen LogP contribution in [0, 0.1) is 5.92 Å². The van der Waals surface area contributed by atoms with Crippen molar-refractivity contribution in [3.63, 3.8) is 0 Å². The van der Waals surface area contributed by atoms with E-state index in [1.165, 1.54) is 6.08 Å². The number of hydrogen-bond donors (Lipinski definition) is 0. The predicted octanol–water partition coefficient (Wildman–Crippen LogP) is 3.07. The first-order chi connectivity index (χ1) is 6.27. The summed E-state index contributed by atoms with van der Waals surface area (Å²) in [6.07, 6.45) is 15.6. The Morgan fingerprint density at radius 2 is 1.23 bits per heavy atom. The van der Waals surface area contributed by atoms with Crippen LogP contribution >= 0.6 is 0 Å². The Bertz CT molecular complexity index is 230. The van der Waals surface area contributed by atoms with Crippen molar-refractivity contribution >= 4 is 6.29 Å². The number of allylic oxidation sites excluding steroid dienone is 8. The van der Waals surface area contributed by atoms with Crippen molar-refractivity contribution in [2.24, 2.45) is 5.92 Å². The van der Waals surface area contributed by atoms with Crippen molar-refractivity contribution in [1.82, 2.24) is 0 Å². The number of aldehydes is 1. The Morgan fingerprint density at radius 3 is 1.69 bits per heavy atom. The molecule has 1 nitrogen and oxygen atoms in total. The van der Waals surface area contributed by atoms with E-state index in [4.69, 9.17) is 0 Å². The zero-order valence-corrected chi connectivity index (χ0v) is 8.18. The van der Waals surface area contributed by atoms with Crippen LogP contribution in [-0.2, 0) is 4.79 Å². The molecule has 13 heavy (non-hydrogen) atoms. The summed E-state index contributed by atoms with van der Waals surface area (Å²) in [4.78, 5) is 9.87. The maximum atomic E-state index is 9.87. The first-order valence-electron chi connectivity index (χ1n) is 4.39. The highest BCUT2D eigenvalue weighted by molar-refractivity contribution is 5.65. The van der Waals surface area contributed by atoms with Gasteiger partial charge < -0.3 is 0 Å². The van der Waals surface area contributed by atoms with E-state index >= 15 is 0 Å². The van der Waals surface area contributed by atoms with Crippen LogP contribution in [0.2, 0.25) is 0 Å². The zero-order valence-electron chi connectivity index (χ0n) is 8.18. The van der Waals surface area contributed by atoms with Gasteiger partial charge in [0, 0.05) is 0 Å². The molecule has 0 aliphatic carbocycles. The van der Waals surface area contributed by atoms with E-state index in [1.54, 1.807) is 6.08 Å². The highest BCUT2D eigenvalue weighted by atomic mass is 16.1. The normalized spacial score (nSPS) is 13.2. The highest BCUT2D eigenvalue weighted by Gasteiger charge is 1.78. The summed E-state index contributed by atoms with van der Waals surface area (Å²) in [5.74, 6) is 0.587. The maximum absolute atomic E-state index is 9.87. The number of carbonyl (C=O) groups excluding carboxylic acids is 1. The SMILES string of the molecule is CC(C)/C=C/C=C/C=C/C=C/C=O. The topological polar surface area (TPSA) is 17.1 Å². The average Bonchev–Trinajstić information content (AvgIpc) is 2.09. The fourth-order valence-electron chi connectivity index (χ4n) is 0.652. The van der Waals surface area contributed by atoms with Crippen molar-refractivity contribution in [2.45, 2.75) is 13.8 Å². The lowest BCUT2D eigenvalue weighted by molar-refractivity contribution is -0.104. The van der Waals surface area contributed by atoms with Gasteiger partial charge in [0.05, 0.1) is 0 Å². The van der Waals surface area contributed by atoms with Crippen molar-refractivity contribution in [1.29, 1.82) is 0 Å². The third-order valence-electron chi connectivity index (χ3n) is 1.24. The molecule has 0 saturated carbocycles. The molecule has 0 aromatic carbocycles. The van der Waals surface area contributed by atoms with E-state index in [-0.39, 0.29) is 0 Å². The fraction of sp³-hybridized carbons (Fsp3) is 0.250. The lowest BCUT2D eigenvalue weighted by Gasteiger charge is -1.88. The van der Waals surface area contributed by atoms with Crippen LogP contribution in [-0.4, -0.2) is 6.29 Å². The second-order valence-electron chi connectivity index (χ2n) is 2.92. The summed E-state index contributed by atoms with van der Waals surface area (Å²) < 4.78 is 0. The van der Waals surface area contributed by atoms with Gasteiger partial charge in [-0.3, -0.25) is 4.79 Å². The first-order valence-corrected chi connectivity index (χ1v) is 4.39. The molecule has 0 saturated heterocycles. The summed E-state index contributed by atoms with van der Waals surface area (Å²) in [5.41, 5.74) is 0. The van der Waals surface area contributed by atoms with E-state index in [9.17, 15) is 4.79 Å². The van der Waals surface area contributed by atoms with E-state index in [0.717, 1.165) is 6.29 Å². The fourth-order valence-corrected chi connectivity index (χ4v) is 0.652. The Balaban J connectivity index is 3.68. The van der Waals surface area contributed by atoms with Crippen molar-refractivity contribution < 1.29 is 4.79 Å². The molecule has 0 spiro atoms. The second kappa shape index (κ2) is 8.72. The minimum atomic E-state index is 0.587. The summed E-state index contributed by atoms with van der Waals surface area (Å²) in [6.45, 7) is 4.26. The molecular weight excluding hydrogens is 160 g/mol. The standard InChI is InChI=1S/C12H16O/c1-12(2)10-8-6-4-3-5-7-9-11-13/h3-12H,1-2H3/b5-3+,6-4+,9-7+,10-8+. The summed E-state index contributed by atoms with van der Waals surface area (Å²) in [5, 5.41) is 0. The largest absolute Gasteiger partial charge is 0.299 e. The monoisotopic (exact) mass is 176 g/mol. The molecule has 1 heteroatoms. The van der Waals surface area contributed by atoms with Crippen LogP contribution in [0.4, 0.5) is 0 Å².